The molecule has 0 saturated heterocycles. The van der Waals surface area contributed by atoms with E-state index in [-0.39, 0.29) is 0 Å². The van der Waals surface area contributed by atoms with Crippen LogP contribution in [0.5, 0.6) is 0 Å². The van der Waals surface area contributed by atoms with Crippen molar-refractivity contribution >= 4 is 10.9 Å². The van der Waals surface area contributed by atoms with Crippen LogP contribution in [0.1, 0.15) is 24.9 Å². The van der Waals surface area contributed by atoms with Crippen LogP contribution in [0.3, 0.4) is 0 Å². The fraction of sp³-hybridized carbons (Fsp3) is 0.130. The van der Waals surface area contributed by atoms with Crippen LogP contribution in [0.2, 0.25) is 0 Å². The van der Waals surface area contributed by atoms with Gasteiger partial charge in [0.1, 0.15) is 0 Å². The molecule has 0 bridgehead atoms. The van der Waals surface area contributed by atoms with Crippen LogP contribution in [0.4, 0.5) is 0 Å². The quantitative estimate of drug-likeness (QED) is 0.416. The highest BCUT2D eigenvalue weighted by molar-refractivity contribution is 5.87. The summed E-state index contributed by atoms with van der Waals surface area (Å²) in [6, 6.07) is 32.8. The Bertz CT molecular complexity index is 936. The van der Waals surface area contributed by atoms with Crippen molar-refractivity contribution < 1.29 is 0 Å². The van der Waals surface area contributed by atoms with Crippen molar-refractivity contribution in [2.75, 3.05) is 0 Å². The first-order valence-corrected chi connectivity index (χ1v) is 8.59. The highest BCUT2D eigenvalue weighted by Crippen LogP contribution is 2.35. The minimum atomic E-state index is 0.335. The van der Waals surface area contributed by atoms with Crippen molar-refractivity contribution in [3.8, 4) is 11.3 Å². The lowest BCUT2D eigenvalue weighted by Crippen LogP contribution is -2.10. The number of benzene rings is 3. The lowest BCUT2D eigenvalue weighted by molar-refractivity contribution is 0.590. The van der Waals surface area contributed by atoms with E-state index >= 15 is 0 Å². The Morgan fingerprint density at radius 3 is 2.08 bits per heavy atom. The largest absolute Gasteiger partial charge is 0.333 e. The summed E-state index contributed by atoms with van der Waals surface area (Å²) in [5, 5.41) is 1.30. The number of nitrogens with zero attached hydrogens (tertiary/aromatic N) is 1. The summed E-state index contributed by atoms with van der Waals surface area (Å²) in [7, 11) is 0. The van der Waals surface area contributed by atoms with Crippen LogP contribution in [0.25, 0.3) is 22.2 Å². The van der Waals surface area contributed by atoms with Crippen LogP contribution in [0.15, 0.2) is 91.0 Å². The third kappa shape index (κ3) is 2.52. The topological polar surface area (TPSA) is 4.93 Å². The maximum absolute atomic E-state index is 2.50. The molecule has 1 heteroatoms. The van der Waals surface area contributed by atoms with Crippen LogP contribution in [-0.2, 0) is 0 Å². The summed E-state index contributed by atoms with van der Waals surface area (Å²) >= 11 is 0. The zero-order chi connectivity index (χ0) is 16.4. The number of hydrogen-bond donors (Lipinski definition) is 0. The Labute approximate surface area is 143 Å². The van der Waals surface area contributed by atoms with Gasteiger partial charge in [-0.15, -0.1) is 0 Å². The molecule has 0 spiro atoms. The van der Waals surface area contributed by atoms with Gasteiger partial charge in [-0.25, -0.2) is 0 Å². The fourth-order valence-corrected chi connectivity index (χ4v) is 3.59. The average molecular weight is 311 g/mol. The van der Waals surface area contributed by atoms with E-state index in [2.05, 4.69) is 102 Å². The third-order valence-corrected chi connectivity index (χ3v) is 4.70. The van der Waals surface area contributed by atoms with Gasteiger partial charge in [0.2, 0.25) is 0 Å². The smallest absolute Gasteiger partial charge is 0.0589 e. The summed E-state index contributed by atoms with van der Waals surface area (Å²) in [5.41, 5.74) is 5.21. The van der Waals surface area contributed by atoms with E-state index < -0.39 is 0 Å². The molecular weight excluding hydrogens is 290 g/mol. The highest BCUT2D eigenvalue weighted by Gasteiger charge is 2.18. The molecule has 0 saturated carbocycles. The molecule has 1 atom stereocenters. The minimum Gasteiger partial charge on any atom is -0.333 e. The Morgan fingerprint density at radius 2 is 1.38 bits per heavy atom. The van der Waals surface area contributed by atoms with Gasteiger partial charge in [0.15, 0.2) is 0 Å². The summed E-state index contributed by atoms with van der Waals surface area (Å²) < 4.78 is 2.50. The molecule has 1 nitrogen and oxygen atoms in total. The molecule has 1 aromatic heterocycles. The standard InChI is InChI=1S/C23H21N/c1-2-21(18-11-5-3-6-12-18)24-22-16-10-9-15-20(22)17-23(24)19-13-7-4-8-14-19/h3-17,21H,2H2,1H3. The maximum atomic E-state index is 2.50. The molecule has 118 valence electrons. The summed E-state index contributed by atoms with van der Waals surface area (Å²) in [6.45, 7) is 2.27. The molecular formula is C23H21N. The average Bonchev–Trinajstić information content (AvgIpc) is 3.04. The second-order valence-electron chi connectivity index (χ2n) is 6.16. The number of hydrogen-bond acceptors (Lipinski definition) is 0. The van der Waals surface area contributed by atoms with Crippen molar-refractivity contribution in [1.82, 2.24) is 4.57 Å². The Balaban J connectivity index is 1.99. The molecule has 1 unspecified atom stereocenters. The first kappa shape index (κ1) is 14.8. The number of fused-ring (bicyclic) bond motifs is 1. The molecule has 1 heterocycles. The van der Waals surface area contributed by atoms with Crippen LogP contribution < -0.4 is 0 Å². The van der Waals surface area contributed by atoms with E-state index in [0.29, 0.717) is 6.04 Å². The molecule has 0 N–H and O–H groups in total. The summed E-state index contributed by atoms with van der Waals surface area (Å²) in [4.78, 5) is 0. The summed E-state index contributed by atoms with van der Waals surface area (Å²) in [6.07, 6.45) is 1.06. The Morgan fingerprint density at radius 1 is 0.750 bits per heavy atom. The van der Waals surface area contributed by atoms with E-state index in [1.54, 1.807) is 0 Å². The van der Waals surface area contributed by atoms with Gasteiger partial charge in [-0.1, -0.05) is 85.8 Å². The third-order valence-electron chi connectivity index (χ3n) is 4.70. The van der Waals surface area contributed by atoms with Crippen LogP contribution in [0, 0.1) is 0 Å². The lowest BCUT2D eigenvalue weighted by Gasteiger charge is -2.22. The number of aromatic nitrogens is 1. The predicted molar refractivity (Wildman–Crippen MR) is 102 cm³/mol. The molecule has 0 aliphatic heterocycles. The second-order valence-corrected chi connectivity index (χ2v) is 6.16. The van der Waals surface area contributed by atoms with Crippen molar-refractivity contribution in [2.45, 2.75) is 19.4 Å². The Kier molecular flexibility index (Phi) is 3.92. The van der Waals surface area contributed by atoms with Crippen molar-refractivity contribution in [3.05, 3.63) is 96.6 Å². The van der Waals surface area contributed by atoms with E-state index in [4.69, 9.17) is 0 Å². The molecule has 4 rings (SSSR count). The molecule has 3 aromatic carbocycles. The molecule has 24 heavy (non-hydrogen) atoms. The molecule has 4 aromatic rings. The van der Waals surface area contributed by atoms with Gasteiger partial charge >= 0.3 is 0 Å². The highest BCUT2D eigenvalue weighted by atomic mass is 15.0. The van der Waals surface area contributed by atoms with Gasteiger partial charge in [0.25, 0.3) is 0 Å². The fourth-order valence-electron chi connectivity index (χ4n) is 3.59. The van der Waals surface area contributed by atoms with Gasteiger partial charge in [-0.3, -0.25) is 0 Å². The van der Waals surface area contributed by atoms with Gasteiger partial charge in [-0.2, -0.15) is 0 Å². The van der Waals surface area contributed by atoms with Gasteiger partial charge in [0.05, 0.1) is 6.04 Å². The second kappa shape index (κ2) is 6.37. The van der Waals surface area contributed by atoms with E-state index in [0.717, 1.165) is 6.42 Å². The van der Waals surface area contributed by atoms with E-state index in [9.17, 15) is 0 Å². The number of para-hydroxylation sites is 1. The molecule has 0 aliphatic carbocycles. The first-order valence-electron chi connectivity index (χ1n) is 8.59. The zero-order valence-corrected chi connectivity index (χ0v) is 13.9. The maximum Gasteiger partial charge on any atom is 0.0589 e. The summed E-state index contributed by atoms with van der Waals surface area (Å²) in [5.74, 6) is 0. The van der Waals surface area contributed by atoms with Crippen molar-refractivity contribution in [1.29, 1.82) is 0 Å². The monoisotopic (exact) mass is 311 g/mol. The molecule has 0 fully saturated rings. The lowest BCUT2D eigenvalue weighted by atomic mass is 10.0. The molecule has 0 amide bonds. The van der Waals surface area contributed by atoms with Gasteiger partial charge < -0.3 is 4.57 Å². The SMILES string of the molecule is CCC(c1ccccc1)n1c(-c2ccccc2)cc2ccccc21. The van der Waals surface area contributed by atoms with E-state index in [1.807, 2.05) is 0 Å². The predicted octanol–water partition coefficient (Wildman–Crippen LogP) is 6.31. The van der Waals surface area contributed by atoms with Crippen LogP contribution in [-0.4, -0.2) is 4.57 Å². The Hall–Kier alpha value is -2.80. The van der Waals surface area contributed by atoms with E-state index in [1.165, 1.54) is 27.7 Å². The van der Waals surface area contributed by atoms with Crippen molar-refractivity contribution in [3.63, 3.8) is 0 Å². The minimum absolute atomic E-state index is 0.335. The van der Waals surface area contributed by atoms with Gasteiger partial charge in [-0.05, 0) is 29.7 Å². The zero-order valence-electron chi connectivity index (χ0n) is 13.9. The van der Waals surface area contributed by atoms with Crippen molar-refractivity contribution in [2.24, 2.45) is 0 Å². The first-order chi connectivity index (χ1) is 11.9. The van der Waals surface area contributed by atoms with Crippen LogP contribution >= 0.6 is 0 Å². The molecule has 0 aliphatic rings. The molecule has 0 radical (unpaired) electrons. The normalized spacial score (nSPS) is 12.4. The van der Waals surface area contributed by atoms with Gasteiger partial charge in [0, 0.05) is 16.6 Å². The number of rotatable bonds is 4.